The first-order chi connectivity index (χ1) is 15.9. The summed E-state index contributed by atoms with van der Waals surface area (Å²) in [7, 11) is 0. The number of carboxylic acids is 1. The molecule has 1 atom stereocenters. The fourth-order valence-corrected chi connectivity index (χ4v) is 3.14. The Morgan fingerprint density at radius 1 is 1.03 bits per heavy atom. The number of hydrogen-bond acceptors (Lipinski definition) is 7. The number of aromatic nitrogens is 4. The summed E-state index contributed by atoms with van der Waals surface area (Å²) in [6.45, 7) is -0.303. The smallest absolute Gasteiger partial charge is 0.408 e. The fraction of sp³-hybridized carbons (Fsp3) is 0.273. The van der Waals surface area contributed by atoms with E-state index in [9.17, 15) is 14.4 Å². The highest BCUT2D eigenvalue weighted by Crippen LogP contribution is 2.11. The van der Waals surface area contributed by atoms with Crippen LogP contribution in [-0.2, 0) is 40.3 Å². The van der Waals surface area contributed by atoms with Crippen LogP contribution in [0.4, 0.5) is 4.79 Å². The number of rotatable bonds is 11. The Labute approximate surface area is 194 Å². The number of aryl methyl sites for hydroxylation is 2. The molecule has 1 unspecified atom stereocenters. The first-order valence-corrected chi connectivity index (χ1v) is 10.5. The molecule has 33 heavy (non-hydrogen) atoms. The van der Waals surface area contributed by atoms with Crippen molar-refractivity contribution in [3.8, 4) is 0 Å². The number of tetrazole rings is 1. The zero-order valence-corrected chi connectivity index (χ0v) is 18.3. The number of Topliss-reactive ketones (excluding diaryl/α,β-unsaturated/α-hetero) is 1. The number of carboxylic acid groups (broad SMARTS) is 1. The molecule has 2 aromatic carbocycles. The molecule has 1 amide bonds. The first-order valence-electron chi connectivity index (χ1n) is 10.1. The molecule has 1 heterocycles. The lowest BCUT2D eigenvalue weighted by atomic mass is 10.1. The van der Waals surface area contributed by atoms with Crippen LogP contribution in [0.1, 0.15) is 23.4 Å². The number of ketones is 1. The summed E-state index contributed by atoms with van der Waals surface area (Å²) < 4.78 is 6.39. The molecule has 0 fully saturated rings. The van der Waals surface area contributed by atoms with Crippen LogP contribution in [-0.4, -0.2) is 49.2 Å². The standard InChI is InChI=1S/C22H22ClN5O5/c23-17-9-6-15(7-10-17)8-11-20-25-26-27-28(20)13-19(29)18(12-21(30)31)24-22(32)33-14-16-4-2-1-3-5-16/h1-7,9-10,18H,8,11-14H2,(H,24,32)(H,30,31). The zero-order chi connectivity index (χ0) is 23.6. The number of aliphatic carboxylic acids is 1. The second kappa shape index (κ2) is 11.7. The van der Waals surface area contributed by atoms with E-state index < -0.39 is 30.3 Å². The quantitative estimate of drug-likeness (QED) is 0.435. The van der Waals surface area contributed by atoms with E-state index in [1.807, 2.05) is 18.2 Å². The van der Waals surface area contributed by atoms with E-state index in [1.165, 1.54) is 4.68 Å². The molecule has 0 radical (unpaired) electrons. The predicted molar refractivity (Wildman–Crippen MR) is 117 cm³/mol. The van der Waals surface area contributed by atoms with Crippen LogP contribution in [0.2, 0.25) is 5.02 Å². The summed E-state index contributed by atoms with van der Waals surface area (Å²) in [5.74, 6) is -1.34. The van der Waals surface area contributed by atoms with E-state index in [2.05, 4.69) is 20.8 Å². The number of alkyl carbamates (subject to hydrolysis) is 1. The molecule has 3 aromatic rings. The van der Waals surface area contributed by atoms with Gasteiger partial charge in [-0.3, -0.25) is 9.59 Å². The van der Waals surface area contributed by atoms with Crippen molar-refractivity contribution in [2.75, 3.05) is 0 Å². The van der Waals surface area contributed by atoms with Gasteiger partial charge < -0.3 is 15.2 Å². The predicted octanol–water partition coefficient (Wildman–Crippen LogP) is 2.45. The minimum atomic E-state index is -1.29. The topological polar surface area (TPSA) is 136 Å². The number of carbonyl (C=O) groups is 3. The molecule has 0 spiro atoms. The largest absolute Gasteiger partial charge is 0.481 e. The molecule has 0 bridgehead atoms. The number of benzene rings is 2. The first kappa shape index (κ1) is 23.9. The number of nitrogens with one attached hydrogen (secondary N) is 1. The fourth-order valence-electron chi connectivity index (χ4n) is 3.02. The van der Waals surface area contributed by atoms with Gasteiger partial charge in [-0.2, -0.15) is 0 Å². The van der Waals surface area contributed by atoms with E-state index in [1.54, 1.807) is 36.4 Å². The van der Waals surface area contributed by atoms with Gasteiger partial charge in [0.25, 0.3) is 0 Å². The number of carbonyl (C=O) groups excluding carboxylic acids is 2. The Hall–Kier alpha value is -3.79. The minimum absolute atomic E-state index is 0.0114. The molecule has 3 rings (SSSR count). The van der Waals surface area contributed by atoms with Crippen molar-refractivity contribution >= 4 is 29.4 Å². The van der Waals surface area contributed by atoms with Crippen LogP contribution in [0.25, 0.3) is 0 Å². The normalized spacial score (nSPS) is 11.5. The zero-order valence-electron chi connectivity index (χ0n) is 17.6. The monoisotopic (exact) mass is 471 g/mol. The second-order valence-electron chi connectivity index (χ2n) is 7.20. The average molecular weight is 472 g/mol. The van der Waals surface area contributed by atoms with Gasteiger partial charge in [-0.05, 0) is 40.1 Å². The number of halogens is 1. The maximum absolute atomic E-state index is 12.8. The molecular formula is C22H22ClN5O5. The van der Waals surface area contributed by atoms with Crippen molar-refractivity contribution in [2.45, 2.75) is 38.5 Å². The second-order valence-corrected chi connectivity index (χ2v) is 7.64. The van der Waals surface area contributed by atoms with Gasteiger partial charge >= 0.3 is 12.1 Å². The van der Waals surface area contributed by atoms with E-state index >= 15 is 0 Å². The van der Waals surface area contributed by atoms with E-state index in [4.69, 9.17) is 21.4 Å². The van der Waals surface area contributed by atoms with Crippen LogP contribution in [0, 0.1) is 0 Å². The molecule has 2 N–H and O–H groups in total. The lowest BCUT2D eigenvalue weighted by Gasteiger charge is -2.16. The van der Waals surface area contributed by atoms with Crippen molar-refractivity contribution < 1.29 is 24.2 Å². The van der Waals surface area contributed by atoms with Gasteiger partial charge in [0.05, 0.1) is 6.42 Å². The lowest BCUT2D eigenvalue weighted by Crippen LogP contribution is -2.44. The van der Waals surface area contributed by atoms with E-state index in [0.717, 1.165) is 11.1 Å². The van der Waals surface area contributed by atoms with Crippen LogP contribution in [0.15, 0.2) is 54.6 Å². The van der Waals surface area contributed by atoms with Gasteiger partial charge in [0.1, 0.15) is 19.2 Å². The molecule has 0 aliphatic rings. The highest BCUT2D eigenvalue weighted by atomic mass is 35.5. The highest BCUT2D eigenvalue weighted by molar-refractivity contribution is 6.30. The molecule has 11 heteroatoms. The van der Waals surface area contributed by atoms with Crippen LogP contribution >= 0.6 is 11.6 Å². The van der Waals surface area contributed by atoms with Crippen molar-refractivity contribution in [1.82, 2.24) is 25.5 Å². The molecule has 10 nitrogen and oxygen atoms in total. The maximum atomic E-state index is 12.8. The Balaban J connectivity index is 1.58. The third-order valence-corrected chi connectivity index (χ3v) is 4.99. The van der Waals surface area contributed by atoms with Gasteiger partial charge in [0.15, 0.2) is 11.6 Å². The summed E-state index contributed by atoms with van der Waals surface area (Å²) in [4.78, 5) is 36.1. The van der Waals surface area contributed by atoms with Crippen LogP contribution in [0.3, 0.4) is 0 Å². The number of nitrogens with zero attached hydrogens (tertiary/aromatic N) is 4. The average Bonchev–Trinajstić information content (AvgIpc) is 3.24. The molecule has 1 aromatic heterocycles. The SMILES string of the molecule is O=C(O)CC(NC(=O)OCc1ccccc1)C(=O)Cn1nnnc1CCc1ccc(Cl)cc1. The maximum Gasteiger partial charge on any atom is 0.408 e. The van der Waals surface area contributed by atoms with Gasteiger partial charge in [-0.25, -0.2) is 9.48 Å². The van der Waals surface area contributed by atoms with Gasteiger partial charge in [-0.15, -0.1) is 5.10 Å². The molecule has 0 saturated carbocycles. The summed E-state index contributed by atoms with van der Waals surface area (Å²) in [6, 6.07) is 15.0. The van der Waals surface area contributed by atoms with E-state index in [0.29, 0.717) is 23.7 Å². The highest BCUT2D eigenvalue weighted by Gasteiger charge is 2.25. The van der Waals surface area contributed by atoms with Gasteiger partial charge in [0, 0.05) is 11.4 Å². The Bertz CT molecular complexity index is 1090. The molecule has 0 aliphatic carbocycles. The van der Waals surface area contributed by atoms with Crippen molar-refractivity contribution in [3.63, 3.8) is 0 Å². The van der Waals surface area contributed by atoms with Crippen molar-refractivity contribution in [1.29, 1.82) is 0 Å². The molecule has 0 saturated heterocycles. The van der Waals surface area contributed by atoms with Crippen LogP contribution in [0.5, 0.6) is 0 Å². The summed E-state index contributed by atoms with van der Waals surface area (Å²) in [5, 5.41) is 23.5. The van der Waals surface area contributed by atoms with E-state index in [-0.39, 0.29) is 13.2 Å². The lowest BCUT2D eigenvalue weighted by molar-refractivity contribution is -0.139. The summed E-state index contributed by atoms with van der Waals surface area (Å²) >= 11 is 5.89. The molecule has 0 aliphatic heterocycles. The molecule has 172 valence electrons. The van der Waals surface area contributed by atoms with Crippen molar-refractivity contribution in [2.24, 2.45) is 0 Å². The number of hydrogen-bond donors (Lipinski definition) is 2. The minimum Gasteiger partial charge on any atom is -0.481 e. The summed E-state index contributed by atoms with van der Waals surface area (Å²) in [5.41, 5.74) is 1.78. The Morgan fingerprint density at radius 2 is 1.76 bits per heavy atom. The van der Waals surface area contributed by atoms with Crippen LogP contribution < -0.4 is 5.32 Å². The third-order valence-electron chi connectivity index (χ3n) is 4.73. The number of ether oxygens (including phenoxy) is 1. The number of amides is 1. The van der Waals surface area contributed by atoms with Gasteiger partial charge in [0.2, 0.25) is 0 Å². The molecular weight excluding hydrogens is 450 g/mol. The Morgan fingerprint density at radius 3 is 2.45 bits per heavy atom. The van der Waals surface area contributed by atoms with Crippen molar-refractivity contribution in [3.05, 3.63) is 76.6 Å². The summed E-state index contributed by atoms with van der Waals surface area (Å²) in [6.07, 6.45) is -0.411. The van der Waals surface area contributed by atoms with Gasteiger partial charge in [-0.1, -0.05) is 54.1 Å². The Kier molecular flexibility index (Phi) is 8.48. The third kappa shape index (κ3) is 7.69.